The molecule has 1 aromatic rings. The van der Waals surface area contributed by atoms with Crippen LogP contribution in [0, 0.1) is 5.41 Å². The Labute approximate surface area is 126 Å². The van der Waals surface area contributed by atoms with E-state index in [1.165, 1.54) is 32.4 Å². The minimum atomic E-state index is 0.435. The summed E-state index contributed by atoms with van der Waals surface area (Å²) in [4.78, 5) is 0. The summed E-state index contributed by atoms with van der Waals surface area (Å²) in [6.07, 6.45) is 3.72. The van der Waals surface area contributed by atoms with Crippen LogP contribution in [0.25, 0.3) is 0 Å². The summed E-state index contributed by atoms with van der Waals surface area (Å²) in [5.41, 5.74) is 1.81. The van der Waals surface area contributed by atoms with E-state index in [-0.39, 0.29) is 0 Å². The van der Waals surface area contributed by atoms with Crippen LogP contribution >= 0.6 is 43.2 Å². The number of thiophene rings is 1. The maximum Gasteiger partial charge on any atom is 0.0758 e. The van der Waals surface area contributed by atoms with E-state index < -0.39 is 0 Å². The van der Waals surface area contributed by atoms with Crippen LogP contribution in [0.1, 0.15) is 51.6 Å². The fourth-order valence-electron chi connectivity index (χ4n) is 1.88. The lowest BCUT2D eigenvalue weighted by molar-refractivity contribution is 0.347. The molecule has 1 nitrogen and oxygen atoms in total. The molecule has 1 aromatic heterocycles. The van der Waals surface area contributed by atoms with Crippen molar-refractivity contribution in [3.8, 4) is 0 Å². The molecule has 0 aliphatic carbocycles. The van der Waals surface area contributed by atoms with E-state index in [2.05, 4.69) is 64.0 Å². The molecule has 0 aliphatic rings. The van der Waals surface area contributed by atoms with Gasteiger partial charge in [-0.2, -0.15) is 0 Å². The summed E-state index contributed by atoms with van der Waals surface area (Å²) >= 11 is 8.92. The fourth-order valence-corrected chi connectivity index (χ4v) is 4.86. The zero-order valence-corrected chi connectivity index (χ0v) is 14.9. The first-order valence-corrected chi connectivity index (χ1v) is 8.36. The molecule has 0 bridgehead atoms. The number of hydrogen-bond donors (Lipinski definition) is 1. The predicted octanol–water partition coefficient (Wildman–Crippen LogP) is 5.75. The van der Waals surface area contributed by atoms with Crippen molar-refractivity contribution in [3.63, 3.8) is 0 Å². The van der Waals surface area contributed by atoms with Gasteiger partial charge in [0.05, 0.1) is 7.57 Å². The van der Waals surface area contributed by atoms with Gasteiger partial charge in [0.25, 0.3) is 0 Å². The highest BCUT2D eigenvalue weighted by atomic mass is 79.9. The molecule has 0 spiro atoms. The van der Waals surface area contributed by atoms with Gasteiger partial charge >= 0.3 is 0 Å². The molecule has 0 aromatic carbocycles. The molecule has 0 fully saturated rings. The topological polar surface area (TPSA) is 12.0 Å². The zero-order valence-electron chi connectivity index (χ0n) is 10.9. The van der Waals surface area contributed by atoms with Gasteiger partial charge in [0.15, 0.2) is 0 Å². The Bertz CT molecular complexity index is 355. The van der Waals surface area contributed by atoms with Crippen LogP contribution in [-0.4, -0.2) is 7.05 Å². The van der Waals surface area contributed by atoms with Gasteiger partial charge in [0.2, 0.25) is 0 Å². The lowest BCUT2D eigenvalue weighted by atomic mass is 9.88. The van der Waals surface area contributed by atoms with E-state index in [1.807, 2.05) is 7.05 Å². The Balaban J connectivity index is 2.57. The van der Waals surface area contributed by atoms with Crippen LogP contribution in [0.4, 0.5) is 0 Å². The average molecular weight is 383 g/mol. The van der Waals surface area contributed by atoms with Crippen LogP contribution in [-0.2, 0) is 0 Å². The molecule has 0 saturated heterocycles. The average Bonchev–Trinajstić information content (AvgIpc) is 2.51. The molecule has 1 heterocycles. The normalized spacial score (nSPS) is 14.0. The van der Waals surface area contributed by atoms with Gasteiger partial charge in [0, 0.05) is 6.04 Å². The van der Waals surface area contributed by atoms with Gasteiger partial charge in [-0.15, -0.1) is 11.3 Å². The second-order valence-electron chi connectivity index (χ2n) is 5.57. The zero-order chi connectivity index (χ0) is 13.1. The van der Waals surface area contributed by atoms with Gasteiger partial charge in [-0.25, -0.2) is 0 Å². The van der Waals surface area contributed by atoms with E-state index in [1.54, 1.807) is 11.3 Å². The summed E-state index contributed by atoms with van der Waals surface area (Å²) in [5, 5.41) is 3.41. The van der Waals surface area contributed by atoms with Gasteiger partial charge in [-0.3, -0.25) is 0 Å². The molecule has 1 atom stereocenters. The lowest BCUT2D eigenvalue weighted by Crippen LogP contribution is -2.17. The van der Waals surface area contributed by atoms with Gasteiger partial charge in [-0.1, -0.05) is 27.2 Å². The van der Waals surface area contributed by atoms with Gasteiger partial charge < -0.3 is 5.32 Å². The first-order chi connectivity index (χ1) is 7.83. The number of hydrogen-bond acceptors (Lipinski definition) is 2. The van der Waals surface area contributed by atoms with Gasteiger partial charge in [-0.05, 0) is 68.8 Å². The molecule has 4 heteroatoms. The SMILES string of the molecule is CNC(CCCC(C)(C)C)c1cc(Br)sc1Br. The summed E-state index contributed by atoms with van der Waals surface area (Å²) in [6, 6.07) is 2.67. The molecule has 0 radical (unpaired) electrons. The van der Waals surface area contributed by atoms with Crippen molar-refractivity contribution < 1.29 is 0 Å². The van der Waals surface area contributed by atoms with Crippen molar-refractivity contribution in [3.05, 3.63) is 19.2 Å². The van der Waals surface area contributed by atoms with E-state index in [9.17, 15) is 0 Å². The fraction of sp³-hybridized carbons (Fsp3) is 0.692. The maximum atomic E-state index is 3.64. The molecule has 1 unspecified atom stereocenters. The molecule has 98 valence electrons. The van der Waals surface area contributed by atoms with Crippen LogP contribution in [0.15, 0.2) is 13.6 Å². The number of halogens is 2. The molecule has 1 rings (SSSR count). The second kappa shape index (κ2) is 6.69. The highest BCUT2D eigenvalue weighted by Gasteiger charge is 2.17. The van der Waals surface area contributed by atoms with Crippen molar-refractivity contribution in [2.75, 3.05) is 7.05 Å². The highest BCUT2D eigenvalue weighted by molar-refractivity contribution is 9.12. The Kier molecular flexibility index (Phi) is 6.17. The van der Waals surface area contributed by atoms with Crippen LogP contribution in [0.3, 0.4) is 0 Å². The number of nitrogens with one attached hydrogen (secondary N) is 1. The third kappa shape index (κ3) is 5.41. The van der Waals surface area contributed by atoms with Crippen LogP contribution in [0.5, 0.6) is 0 Å². The minimum absolute atomic E-state index is 0.435. The largest absolute Gasteiger partial charge is 0.313 e. The van der Waals surface area contributed by atoms with Crippen molar-refractivity contribution in [2.45, 2.75) is 46.1 Å². The van der Waals surface area contributed by atoms with Crippen molar-refractivity contribution in [1.82, 2.24) is 5.32 Å². The van der Waals surface area contributed by atoms with Crippen LogP contribution in [0.2, 0.25) is 0 Å². The first-order valence-electron chi connectivity index (χ1n) is 5.95. The molecule has 0 amide bonds. The quantitative estimate of drug-likeness (QED) is 0.683. The van der Waals surface area contributed by atoms with Crippen molar-refractivity contribution in [1.29, 1.82) is 0 Å². The molecule has 1 N–H and O–H groups in total. The van der Waals surface area contributed by atoms with E-state index in [0.29, 0.717) is 11.5 Å². The molecule has 0 aliphatic heterocycles. The van der Waals surface area contributed by atoms with E-state index >= 15 is 0 Å². The monoisotopic (exact) mass is 381 g/mol. The Morgan fingerprint density at radius 2 is 2.00 bits per heavy atom. The molecular formula is C13H21Br2NS. The molecule has 17 heavy (non-hydrogen) atoms. The minimum Gasteiger partial charge on any atom is -0.313 e. The first kappa shape index (κ1) is 15.7. The maximum absolute atomic E-state index is 3.64. The van der Waals surface area contributed by atoms with Crippen molar-refractivity contribution in [2.24, 2.45) is 5.41 Å². The van der Waals surface area contributed by atoms with Crippen LogP contribution < -0.4 is 5.32 Å². The van der Waals surface area contributed by atoms with E-state index in [4.69, 9.17) is 0 Å². The Hall–Kier alpha value is 0.620. The second-order valence-corrected chi connectivity index (χ2v) is 9.32. The predicted molar refractivity (Wildman–Crippen MR) is 84.8 cm³/mol. The van der Waals surface area contributed by atoms with Crippen molar-refractivity contribution >= 4 is 43.2 Å². The summed E-state index contributed by atoms with van der Waals surface area (Å²) < 4.78 is 2.43. The standard InChI is InChI=1S/C13H21Br2NS/c1-13(2,3)7-5-6-10(16-4)9-8-11(14)17-12(9)15/h8,10,16H,5-7H2,1-4H3. The Morgan fingerprint density at radius 1 is 1.35 bits per heavy atom. The summed E-state index contributed by atoms with van der Waals surface area (Å²) in [5.74, 6) is 0. The highest BCUT2D eigenvalue weighted by Crippen LogP contribution is 2.37. The van der Waals surface area contributed by atoms with Gasteiger partial charge in [0.1, 0.15) is 0 Å². The third-order valence-corrected chi connectivity index (χ3v) is 5.21. The Morgan fingerprint density at radius 3 is 2.41 bits per heavy atom. The summed E-state index contributed by atoms with van der Waals surface area (Å²) in [7, 11) is 2.04. The number of rotatable bonds is 5. The third-order valence-electron chi connectivity index (χ3n) is 2.83. The molecular weight excluding hydrogens is 362 g/mol. The molecule has 0 saturated carbocycles. The lowest BCUT2D eigenvalue weighted by Gasteiger charge is -2.21. The summed E-state index contributed by atoms with van der Waals surface area (Å²) in [6.45, 7) is 6.91. The van der Waals surface area contributed by atoms with E-state index in [0.717, 1.165) is 0 Å². The smallest absolute Gasteiger partial charge is 0.0758 e.